The van der Waals surface area contributed by atoms with Crippen molar-refractivity contribution in [2.75, 3.05) is 20.1 Å². The number of aliphatic hydroxyl groups is 2. The molecule has 0 heterocycles. The van der Waals surface area contributed by atoms with Crippen molar-refractivity contribution < 1.29 is 19.8 Å². The van der Waals surface area contributed by atoms with Gasteiger partial charge in [-0.1, -0.05) is 142 Å². The number of carbonyl (C=O) groups is 2. The second-order valence-corrected chi connectivity index (χ2v) is 12.2. The van der Waals surface area contributed by atoms with E-state index in [4.69, 9.17) is 0 Å². The molecule has 0 fully saturated rings. The Balaban J connectivity index is 4.15. The van der Waals surface area contributed by atoms with E-state index in [1.54, 1.807) is 11.9 Å². The van der Waals surface area contributed by atoms with E-state index >= 15 is 0 Å². The number of hydrogen-bond donors (Lipinski definition) is 2. The lowest BCUT2D eigenvalue weighted by Gasteiger charge is -2.23. The van der Waals surface area contributed by atoms with E-state index in [1.165, 1.54) is 116 Å². The molecule has 5 nitrogen and oxygen atoms in total. The molecule has 0 aromatic rings. The lowest BCUT2D eigenvalue weighted by Crippen LogP contribution is -2.36. The molecular weight excluding hydrogens is 486 g/mol. The van der Waals surface area contributed by atoms with Gasteiger partial charge >= 0.3 is 0 Å². The summed E-state index contributed by atoms with van der Waals surface area (Å²) in [7, 11) is 1.79. The lowest BCUT2D eigenvalue weighted by atomic mass is 9.91. The third-order valence-electron chi connectivity index (χ3n) is 8.02. The molecule has 0 aliphatic carbocycles. The minimum atomic E-state index is -1.43. The standard InChI is InChI=1S/C34H67NO4/c1-4-6-8-10-12-14-16-18-20-22-24-26-32(36)28-31(29-35(3)30-34(38)39)33(37)27-25-23-21-19-17-15-13-11-9-7-5-2/h31,34,38-39H,4-30H2,1-3H3. The van der Waals surface area contributed by atoms with Crippen LogP contribution in [0.15, 0.2) is 0 Å². The molecule has 0 aliphatic rings. The third kappa shape index (κ3) is 27.2. The van der Waals surface area contributed by atoms with Crippen LogP contribution >= 0.6 is 0 Å². The van der Waals surface area contributed by atoms with Crippen molar-refractivity contribution in [1.29, 1.82) is 0 Å². The number of carbonyl (C=O) groups excluding carboxylic acids is 2. The fourth-order valence-corrected chi connectivity index (χ4v) is 5.54. The van der Waals surface area contributed by atoms with Crippen LogP contribution in [0.25, 0.3) is 0 Å². The van der Waals surface area contributed by atoms with E-state index in [-0.39, 0.29) is 24.0 Å². The topological polar surface area (TPSA) is 77.8 Å². The number of unbranched alkanes of at least 4 members (excludes halogenated alkanes) is 20. The first-order chi connectivity index (χ1) is 18.9. The molecular formula is C34H67NO4. The van der Waals surface area contributed by atoms with Gasteiger partial charge in [0.2, 0.25) is 0 Å². The van der Waals surface area contributed by atoms with E-state index in [9.17, 15) is 19.8 Å². The van der Waals surface area contributed by atoms with Crippen molar-refractivity contribution in [3.05, 3.63) is 0 Å². The van der Waals surface area contributed by atoms with Gasteiger partial charge in [0.1, 0.15) is 11.6 Å². The monoisotopic (exact) mass is 554 g/mol. The van der Waals surface area contributed by atoms with Crippen LogP contribution in [-0.2, 0) is 9.59 Å². The fraction of sp³-hybridized carbons (Fsp3) is 0.941. The van der Waals surface area contributed by atoms with E-state index in [1.807, 2.05) is 0 Å². The maximum absolute atomic E-state index is 13.0. The molecule has 0 saturated carbocycles. The lowest BCUT2D eigenvalue weighted by molar-refractivity contribution is -0.129. The maximum Gasteiger partial charge on any atom is 0.164 e. The van der Waals surface area contributed by atoms with Gasteiger partial charge < -0.3 is 15.1 Å². The normalized spacial score (nSPS) is 12.5. The Labute approximate surface area is 242 Å². The molecule has 5 heteroatoms. The van der Waals surface area contributed by atoms with Crippen LogP contribution in [-0.4, -0.2) is 53.1 Å². The number of nitrogens with zero attached hydrogens (tertiary/aromatic N) is 1. The Morgan fingerprint density at radius 1 is 0.538 bits per heavy atom. The summed E-state index contributed by atoms with van der Waals surface area (Å²) in [5, 5.41) is 18.6. The Hall–Kier alpha value is -0.780. The summed E-state index contributed by atoms with van der Waals surface area (Å²) in [5.41, 5.74) is 0. The van der Waals surface area contributed by atoms with Gasteiger partial charge in [-0.05, 0) is 19.9 Å². The fourth-order valence-electron chi connectivity index (χ4n) is 5.54. The van der Waals surface area contributed by atoms with Crippen molar-refractivity contribution in [2.45, 2.75) is 181 Å². The van der Waals surface area contributed by atoms with Gasteiger partial charge in [0, 0.05) is 38.3 Å². The minimum absolute atomic E-state index is 0.0923. The van der Waals surface area contributed by atoms with Gasteiger partial charge in [0.05, 0.1) is 0 Å². The van der Waals surface area contributed by atoms with E-state index in [0.717, 1.165) is 25.7 Å². The Bertz CT molecular complexity index is 551. The summed E-state index contributed by atoms with van der Waals surface area (Å²) in [6, 6.07) is 0. The number of aliphatic hydroxyl groups excluding tert-OH is 1. The molecule has 0 bridgehead atoms. The second kappa shape index (κ2) is 28.7. The van der Waals surface area contributed by atoms with Crippen LogP contribution in [0.5, 0.6) is 0 Å². The first-order valence-corrected chi connectivity index (χ1v) is 17.0. The highest BCUT2D eigenvalue weighted by molar-refractivity contribution is 5.88. The van der Waals surface area contributed by atoms with Crippen molar-refractivity contribution in [3.63, 3.8) is 0 Å². The molecule has 1 atom stereocenters. The van der Waals surface area contributed by atoms with Gasteiger partial charge in [-0.25, -0.2) is 0 Å². The third-order valence-corrected chi connectivity index (χ3v) is 8.02. The van der Waals surface area contributed by atoms with Crippen LogP contribution in [0.4, 0.5) is 0 Å². The first-order valence-electron chi connectivity index (χ1n) is 17.0. The quantitative estimate of drug-likeness (QED) is 0.0662. The van der Waals surface area contributed by atoms with Gasteiger partial charge in [0.15, 0.2) is 6.29 Å². The molecule has 0 amide bonds. The van der Waals surface area contributed by atoms with Crippen molar-refractivity contribution in [2.24, 2.45) is 5.92 Å². The van der Waals surface area contributed by atoms with Gasteiger partial charge in [0.25, 0.3) is 0 Å². The van der Waals surface area contributed by atoms with Crippen molar-refractivity contribution in [1.82, 2.24) is 4.90 Å². The Kier molecular flexibility index (Phi) is 28.2. The number of hydrogen-bond acceptors (Lipinski definition) is 5. The maximum atomic E-state index is 13.0. The highest BCUT2D eigenvalue weighted by Crippen LogP contribution is 2.18. The summed E-state index contributed by atoms with van der Waals surface area (Å²) in [4.78, 5) is 27.5. The van der Waals surface area contributed by atoms with Gasteiger partial charge in [-0.2, -0.15) is 0 Å². The van der Waals surface area contributed by atoms with Crippen LogP contribution in [0, 0.1) is 5.92 Å². The highest BCUT2D eigenvalue weighted by Gasteiger charge is 2.23. The molecule has 0 spiro atoms. The minimum Gasteiger partial charge on any atom is -0.367 e. The zero-order chi connectivity index (χ0) is 29.0. The molecule has 2 N–H and O–H groups in total. The first kappa shape index (κ1) is 38.2. The predicted octanol–water partition coefficient (Wildman–Crippen LogP) is 8.78. The number of rotatable bonds is 31. The van der Waals surface area contributed by atoms with E-state index in [0.29, 0.717) is 25.8 Å². The molecule has 0 aromatic carbocycles. The molecule has 0 aromatic heterocycles. The zero-order valence-corrected chi connectivity index (χ0v) is 26.4. The molecule has 0 rings (SSSR count). The number of ketones is 2. The predicted molar refractivity (Wildman–Crippen MR) is 166 cm³/mol. The summed E-state index contributed by atoms with van der Waals surface area (Å²) < 4.78 is 0. The van der Waals surface area contributed by atoms with Crippen molar-refractivity contribution >= 4 is 11.6 Å². The van der Waals surface area contributed by atoms with Crippen LogP contribution in [0.1, 0.15) is 174 Å². The average Bonchev–Trinajstić information content (AvgIpc) is 2.89. The Morgan fingerprint density at radius 3 is 1.28 bits per heavy atom. The molecule has 232 valence electrons. The molecule has 0 aliphatic heterocycles. The summed E-state index contributed by atoms with van der Waals surface area (Å²) in [5.74, 6) is 0.00993. The smallest absolute Gasteiger partial charge is 0.164 e. The average molecular weight is 554 g/mol. The SMILES string of the molecule is CCCCCCCCCCCCCC(=O)CC(CN(C)CC(O)O)C(=O)CCCCCCCCCCCCC. The van der Waals surface area contributed by atoms with Crippen LogP contribution < -0.4 is 0 Å². The van der Waals surface area contributed by atoms with Gasteiger partial charge in [-0.15, -0.1) is 0 Å². The highest BCUT2D eigenvalue weighted by atomic mass is 16.5. The molecule has 0 radical (unpaired) electrons. The van der Waals surface area contributed by atoms with E-state index in [2.05, 4.69) is 13.8 Å². The van der Waals surface area contributed by atoms with Crippen LogP contribution in [0.3, 0.4) is 0 Å². The Morgan fingerprint density at radius 2 is 0.897 bits per heavy atom. The molecule has 1 unspecified atom stereocenters. The number of Topliss-reactive ketones (excluding diaryl/α,β-unsaturated/α-hetero) is 2. The molecule has 0 saturated heterocycles. The van der Waals surface area contributed by atoms with E-state index < -0.39 is 6.29 Å². The molecule has 39 heavy (non-hydrogen) atoms. The largest absolute Gasteiger partial charge is 0.367 e. The second-order valence-electron chi connectivity index (χ2n) is 12.2. The zero-order valence-electron chi connectivity index (χ0n) is 26.4. The number of likely N-dealkylation sites (N-methyl/N-ethyl adjacent to an activating group) is 1. The summed E-state index contributed by atoms with van der Waals surface area (Å²) in [6.45, 7) is 5.01. The van der Waals surface area contributed by atoms with Crippen molar-refractivity contribution in [3.8, 4) is 0 Å². The van der Waals surface area contributed by atoms with Crippen LogP contribution in [0.2, 0.25) is 0 Å². The summed E-state index contributed by atoms with van der Waals surface area (Å²) in [6.07, 6.45) is 27.6. The summed E-state index contributed by atoms with van der Waals surface area (Å²) >= 11 is 0. The van der Waals surface area contributed by atoms with Gasteiger partial charge in [-0.3, -0.25) is 9.59 Å².